The van der Waals surface area contributed by atoms with Crippen LogP contribution in [0.5, 0.6) is 0 Å². The van der Waals surface area contributed by atoms with Crippen molar-refractivity contribution in [2.45, 2.75) is 33.1 Å². The molecular weight excluding hydrogens is 372 g/mol. The third kappa shape index (κ3) is 5.72. The predicted octanol–water partition coefficient (Wildman–Crippen LogP) is 2.06. The number of nitrogen functional groups attached to an aromatic ring is 1. The summed E-state index contributed by atoms with van der Waals surface area (Å²) in [7, 11) is 0. The molecule has 0 atom stereocenters. The van der Waals surface area contributed by atoms with Gasteiger partial charge in [-0.2, -0.15) is 10.4 Å². The van der Waals surface area contributed by atoms with Gasteiger partial charge in [0.2, 0.25) is 0 Å². The third-order valence-electron chi connectivity index (χ3n) is 4.60. The van der Waals surface area contributed by atoms with E-state index in [-0.39, 0.29) is 12.6 Å². The van der Waals surface area contributed by atoms with Crippen molar-refractivity contribution in [1.29, 1.82) is 5.26 Å². The summed E-state index contributed by atoms with van der Waals surface area (Å²) in [6, 6.07) is 11.1. The Hall–Kier alpha value is -3.54. The highest BCUT2D eigenvalue weighted by Crippen LogP contribution is 2.21. The number of para-hydroxylation sites is 1. The highest BCUT2D eigenvalue weighted by Gasteiger charge is 2.26. The van der Waals surface area contributed by atoms with Crippen LogP contribution in [0.15, 0.2) is 30.3 Å². The van der Waals surface area contributed by atoms with Crippen LogP contribution in [-0.2, 0) is 11.2 Å². The Labute approximate surface area is 169 Å². The lowest BCUT2D eigenvalue weighted by Crippen LogP contribution is -2.38. The van der Waals surface area contributed by atoms with Crippen LogP contribution in [-0.4, -0.2) is 40.0 Å². The number of aliphatic carboxylic acids is 1. The Kier molecular flexibility index (Phi) is 7.20. The van der Waals surface area contributed by atoms with Crippen LogP contribution in [0.4, 0.5) is 10.6 Å². The van der Waals surface area contributed by atoms with Crippen LogP contribution in [0.3, 0.4) is 0 Å². The molecule has 9 nitrogen and oxygen atoms in total. The zero-order valence-electron chi connectivity index (χ0n) is 16.6. The lowest BCUT2D eigenvalue weighted by Gasteiger charge is -2.18. The van der Waals surface area contributed by atoms with E-state index in [1.54, 1.807) is 13.8 Å². The number of nitrogens with zero attached hydrogens (tertiary/aromatic N) is 3. The van der Waals surface area contributed by atoms with E-state index in [4.69, 9.17) is 10.8 Å². The molecule has 29 heavy (non-hydrogen) atoms. The maximum Gasteiger partial charge on any atom is 0.314 e. The summed E-state index contributed by atoms with van der Waals surface area (Å²) in [5.41, 5.74) is 6.87. The monoisotopic (exact) mass is 398 g/mol. The molecule has 0 fully saturated rings. The lowest BCUT2D eigenvalue weighted by atomic mass is 9.90. The van der Waals surface area contributed by atoms with Gasteiger partial charge in [-0.05, 0) is 45.2 Å². The van der Waals surface area contributed by atoms with Crippen LogP contribution < -0.4 is 16.4 Å². The molecule has 0 radical (unpaired) electrons. The van der Waals surface area contributed by atoms with Crippen molar-refractivity contribution in [3.63, 3.8) is 0 Å². The van der Waals surface area contributed by atoms with Crippen molar-refractivity contribution in [2.24, 2.45) is 5.41 Å². The molecule has 0 saturated heterocycles. The molecule has 1 aromatic heterocycles. The number of hydrogen-bond donors (Lipinski definition) is 4. The molecule has 0 spiro atoms. The minimum atomic E-state index is -0.901. The molecule has 0 aliphatic rings. The molecule has 0 bridgehead atoms. The van der Waals surface area contributed by atoms with Crippen molar-refractivity contribution >= 4 is 17.8 Å². The summed E-state index contributed by atoms with van der Waals surface area (Å²) in [6.07, 6.45) is 1.39. The highest BCUT2D eigenvalue weighted by atomic mass is 16.4. The molecule has 0 unspecified atom stereocenters. The molecule has 1 aromatic carbocycles. The number of anilines is 1. The second kappa shape index (κ2) is 9.59. The molecule has 0 aliphatic heterocycles. The fourth-order valence-electron chi connectivity index (χ4n) is 2.66. The number of carbonyl (C=O) groups excluding carboxylic acids is 1. The molecule has 2 amide bonds. The van der Waals surface area contributed by atoms with Crippen molar-refractivity contribution < 1.29 is 14.7 Å². The Balaban J connectivity index is 1.83. The molecule has 2 aromatic rings. The smallest absolute Gasteiger partial charge is 0.314 e. The minimum absolute atomic E-state index is 0.266. The number of hydrogen-bond acceptors (Lipinski definition) is 5. The van der Waals surface area contributed by atoms with Gasteiger partial charge in [-0.1, -0.05) is 18.2 Å². The summed E-state index contributed by atoms with van der Waals surface area (Å²) in [5, 5.41) is 28.3. The van der Waals surface area contributed by atoms with Gasteiger partial charge in [-0.3, -0.25) is 4.79 Å². The van der Waals surface area contributed by atoms with E-state index in [0.29, 0.717) is 42.9 Å². The van der Waals surface area contributed by atoms with Crippen molar-refractivity contribution in [3.8, 4) is 11.8 Å². The number of benzene rings is 1. The largest absolute Gasteiger partial charge is 0.481 e. The molecule has 0 saturated carbocycles. The van der Waals surface area contributed by atoms with Crippen LogP contribution in [0.2, 0.25) is 0 Å². The standard InChI is InChI=1S/C20H26N6O3/c1-20(2,18(27)28)10-12-24-19(29)23-11-6-9-16-15(13-21)17(22)26(25-16)14-7-4-3-5-8-14/h3-5,7-8H,6,9-12,22H2,1-2H3,(H,27,28)(H2,23,24,29). The Bertz CT molecular complexity index is 899. The molecule has 154 valence electrons. The summed E-state index contributed by atoms with van der Waals surface area (Å²) >= 11 is 0. The second-order valence-electron chi connectivity index (χ2n) is 7.29. The zero-order chi connectivity index (χ0) is 21.4. The average Bonchev–Trinajstić information content (AvgIpc) is 3.01. The fraction of sp³-hybridized carbons (Fsp3) is 0.400. The van der Waals surface area contributed by atoms with Crippen LogP contribution in [0, 0.1) is 16.7 Å². The van der Waals surface area contributed by atoms with Crippen molar-refractivity contribution in [2.75, 3.05) is 18.8 Å². The van der Waals surface area contributed by atoms with Crippen LogP contribution >= 0.6 is 0 Å². The van der Waals surface area contributed by atoms with E-state index in [2.05, 4.69) is 21.8 Å². The van der Waals surface area contributed by atoms with E-state index in [1.165, 1.54) is 4.68 Å². The molecule has 0 aliphatic carbocycles. The number of nitrogens with one attached hydrogen (secondary N) is 2. The Morgan fingerprint density at radius 1 is 1.24 bits per heavy atom. The molecular formula is C20H26N6O3. The van der Waals surface area contributed by atoms with Crippen LogP contribution in [0.25, 0.3) is 5.69 Å². The van der Waals surface area contributed by atoms with E-state index < -0.39 is 11.4 Å². The third-order valence-corrected chi connectivity index (χ3v) is 4.60. The number of rotatable bonds is 9. The van der Waals surface area contributed by atoms with E-state index in [0.717, 1.165) is 5.69 Å². The lowest BCUT2D eigenvalue weighted by molar-refractivity contribution is -0.147. The number of nitrogens with two attached hydrogens (primary N) is 1. The van der Waals surface area contributed by atoms with Gasteiger partial charge in [-0.15, -0.1) is 0 Å². The number of aryl methyl sites for hydroxylation is 1. The number of aromatic nitrogens is 2. The number of carbonyl (C=O) groups is 2. The minimum Gasteiger partial charge on any atom is -0.481 e. The molecule has 5 N–H and O–H groups in total. The molecule has 1 heterocycles. The maximum absolute atomic E-state index is 11.8. The van der Waals surface area contributed by atoms with Gasteiger partial charge >= 0.3 is 12.0 Å². The van der Waals surface area contributed by atoms with Gasteiger partial charge in [0.05, 0.1) is 16.8 Å². The number of carboxylic acid groups (broad SMARTS) is 1. The summed E-state index contributed by atoms with van der Waals surface area (Å²) in [5.74, 6) is -0.609. The van der Waals surface area contributed by atoms with Gasteiger partial charge < -0.3 is 21.5 Å². The summed E-state index contributed by atoms with van der Waals surface area (Å²) < 4.78 is 1.54. The van der Waals surface area contributed by atoms with Crippen molar-refractivity contribution in [3.05, 3.63) is 41.6 Å². The zero-order valence-corrected chi connectivity index (χ0v) is 16.6. The Morgan fingerprint density at radius 2 is 1.90 bits per heavy atom. The predicted molar refractivity (Wildman–Crippen MR) is 108 cm³/mol. The quantitative estimate of drug-likeness (QED) is 0.476. The van der Waals surface area contributed by atoms with Gasteiger partial charge in [0.15, 0.2) is 0 Å². The topological polar surface area (TPSA) is 146 Å². The first-order chi connectivity index (χ1) is 13.8. The SMILES string of the molecule is CC(C)(CCNC(=O)NCCCc1nn(-c2ccccc2)c(N)c1C#N)C(=O)O. The van der Waals surface area contributed by atoms with Crippen molar-refractivity contribution in [1.82, 2.24) is 20.4 Å². The van der Waals surface area contributed by atoms with E-state index in [9.17, 15) is 14.9 Å². The molecule has 9 heteroatoms. The number of carboxylic acids is 1. The molecule has 2 rings (SSSR count). The van der Waals surface area contributed by atoms with Gasteiger partial charge in [-0.25, -0.2) is 9.48 Å². The van der Waals surface area contributed by atoms with Crippen LogP contribution in [0.1, 0.15) is 37.9 Å². The van der Waals surface area contributed by atoms with Gasteiger partial charge in [0.1, 0.15) is 17.5 Å². The number of urea groups is 1. The van der Waals surface area contributed by atoms with Gasteiger partial charge in [0, 0.05) is 13.1 Å². The number of amides is 2. The number of nitriles is 1. The Morgan fingerprint density at radius 3 is 2.52 bits per heavy atom. The first-order valence-corrected chi connectivity index (χ1v) is 9.34. The summed E-state index contributed by atoms with van der Waals surface area (Å²) in [4.78, 5) is 22.9. The average molecular weight is 398 g/mol. The van der Waals surface area contributed by atoms with E-state index in [1.807, 2.05) is 30.3 Å². The maximum atomic E-state index is 11.8. The fourth-order valence-corrected chi connectivity index (χ4v) is 2.66. The second-order valence-corrected chi connectivity index (χ2v) is 7.29. The summed E-state index contributed by atoms with van der Waals surface area (Å²) in [6.45, 7) is 3.88. The van der Waals surface area contributed by atoms with E-state index >= 15 is 0 Å². The highest BCUT2D eigenvalue weighted by molar-refractivity contribution is 5.75. The van der Waals surface area contributed by atoms with Gasteiger partial charge in [0.25, 0.3) is 0 Å². The first-order valence-electron chi connectivity index (χ1n) is 9.34. The first kappa shape index (κ1) is 21.8. The normalized spacial score (nSPS) is 10.9.